The predicted molar refractivity (Wildman–Crippen MR) is 128 cm³/mol. The Morgan fingerprint density at radius 1 is 1.25 bits per heavy atom. The molecule has 2 unspecified atom stereocenters. The van der Waals surface area contributed by atoms with Gasteiger partial charge >= 0.3 is 6.18 Å². The molecule has 2 atom stereocenters. The maximum absolute atomic E-state index is 12.8. The van der Waals surface area contributed by atoms with Crippen molar-refractivity contribution >= 4 is 23.4 Å². The van der Waals surface area contributed by atoms with E-state index in [9.17, 15) is 18.0 Å². The van der Waals surface area contributed by atoms with Crippen LogP contribution in [0.3, 0.4) is 0 Å². The molecule has 12 heteroatoms. The van der Waals surface area contributed by atoms with Gasteiger partial charge in [-0.25, -0.2) is 4.98 Å². The van der Waals surface area contributed by atoms with Crippen LogP contribution in [0.2, 0.25) is 0 Å². The quantitative estimate of drug-likeness (QED) is 0.547. The molecule has 0 saturated carbocycles. The number of likely N-dealkylation sites (N-methyl/N-ethyl adjacent to an activating group) is 1. The number of nitrogens with zero attached hydrogens (tertiary/aromatic N) is 6. The third kappa shape index (κ3) is 4.35. The highest BCUT2D eigenvalue weighted by atomic mass is 19.4. The van der Waals surface area contributed by atoms with Gasteiger partial charge in [-0.15, -0.1) is 0 Å². The first-order valence-electron chi connectivity index (χ1n) is 11.8. The minimum absolute atomic E-state index is 0.0543. The highest BCUT2D eigenvalue weighted by molar-refractivity contribution is 6.03. The number of aryl methyl sites for hydroxylation is 2. The van der Waals surface area contributed by atoms with Crippen molar-refractivity contribution in [2.75, 3.05) is 22.6 Å². The fraction of sp³-hybridized carbons (Fsp3) is 0.458. The van der Waals surface area contributed by atoms with Crippen LogP contribution in [0, 0.1) is 12.8 Å². The molecule has 9 nitrogen and oxygen atoms in total. The normalized spacial score (nSPS) is 19.3. The molecule has 4 heterocycles. The summed E-state index contributed by atoms with van der Waals surface area (Å²) in [6.07, 6.45) is 0.262. The van der Waals surface area contributed by atoms with Crippen LogP contribution < -0.4 is 15.5 Å². The van der Waals surface area contributed by atoms with E-state index in [1.807, 2.05) is 38.9 Å². The van der Waals surface area contributed by atoms with Gasteiger partial charge in [0.25, 0.3) is 0 Å². The lowest BCUT2D eigenvalue weighted by molar-refractivity contribution is -0.141. The summed E-state index contributed by atoms with van der Waals surface area (Å²) < 4.78 is 40.0. The number of carbonyl (C=O) groups is 1. The highest BCUT2D eigenvalue weighted by Crippen LogP contribution is 2.37. The molecule has 190 valence electrons. The average Bonchev–Trinajstić information content (AvgIpc) is 3.35. The molecule has 0 saturated heterocycles. The smallest absolute Gasteiger partial charge is 0.347 e. The minimum atomic E-state index is -4.46. The van der Waals surface area contributed by atoms with Gasteiger partial charge in [0, 0.05) is 25.0 Å². The van der Waals surface area contributed by atoms with Crippen molar-refractivity contribution in [2.45, 2.75) is 58.4 Å². The SMILES string of the molecule is Cc1nc(NC2CCc3nn(Cc4ccc(C(F)(F)F)nc4)cc32)nc2c1NC(=O)C(C(C)C)N2C. The summed E-state index contributed by atoms with van der Waals surface area (Å²) in [6.45, 7) is 6.15. The summed E-state index contributed by atoms with van der Waals surface area (Å²) in [4.78, 5) is 27.3. The fourth-order valence-corrected chi connectivity index (χ4v) is 4.94. The van der Waals surface area contributed by atoms with Crippen LogP contribution in [0.5, 0.6) is 0 Å². The van der Waals surface area contributed by atoms with Crippen LogP contribution in [-0.4, -0.2) is 43.7 Å². The number of anilines is 3. The molecule has 1 aliphatic heterocycles. The molecule has 2 N–H and O–H groups in total. The van der Waals surface area contributed by atoms with Crippen LogP contribution in [0.1, 0.15) is 54.5 Å². The standard InChI is InChI=1S/C24H27F3N8O/c1-12(2)20-22(36)31-19-13(3)29-23(32-21(19)34(20)4)30-16-6-7-17-15(16)11-35(33-17)10-14-5-8-18(28-9-14)24(25,26)27/h5,8-9,11-12,16,20H,6-7,10H2,1-4H3,(H,31,36)(H,29,30,32). The first kappa shape index (κ1) is 24.0. The molecule has 3 aromatic heterocycles. The Balaban J connectivity index is 1.34. The molecule has 36 heavy (non-hydrogen) atoms. The zero-order chi connectivity index (χ0) is 25.8. The number of hydrogen-bond donors (Lipinski definition) is 2. The second kappa shape index (κ2) is 8.75. The Labute approximate surface area is 206 Å². The third-order valence-corrected chi connectivity index (χ3v) is 6.65. The fourth-order valence-electron chi connectivity index (χ4n) is 4.94. The monoisotopic (exact) mass is 500 g/mol. The van der Waals surface area contributed by atoms with E-state index in [4.69, 9.17) is 4.98 Å². The number of nitrogens with one attached hydrogen (secondary N) is 2. The van der Waals surface area contributed by atoms with Crippen LogP contribution >= 0.6 is 0 Å². The number of fused-ring (bicyclic) bond motifs is 2. The van der Waals surface area contributed by atoms with E-state index in [0.29, 0.717) is 35.3 Å². The Morgan fingerprint density at radius 3 is 2.69 bits per heavy atom. The van der Waals surface area contributed by atoms with Crippen molar-refractivity contribution < 1.29 is 18.0 Å². The van der Waals surface area contributed by atoms with Crippen molar-refractivity contribution in [2.24, 2.45) is 5.92 Å². The van der Waals surface area contributed by atoms with Crippen molar-refractivity contribution in [3.8, 4) is 0 Å². The van der Waals surface area contributed by atoms with Gasteiger partial charge in [0.15, 0.2) is 5.82 Å². The second-order valence-electron chi connectivity index (χ2n) is 9.63. The first-order chi connectivity index (χ1) is 17.0. The third-order valence-electron chi connectivity index (χ3n) is 6.65. The summed E-state index contributed by atoms with van der Waals surface area (Å²) in [5.41, 5.74) is 2.96. The van der Waals surface area contributed by atoms with Crippen molar-refractivity contribution in [1.29, 1.82) is 0 Å². The van der Waals surface area contributed by atoms with Gasteiger partial charge < -0.3 is 15.5 Å². The van der Waals surface area contributed by atoms with Gasteiger partial charge in [-0.3, -0.25) is 14.5 Å². The van der Waals surface area contributed by atoms with E-state index in [0.717, 1.165) is 30.2 Å². The maximum Gasteiger partial charge on any atom is 0.433 e. The number of alkyl halides is 3. The highest BCUT2D eigenvalue weighted by Gasteiger charge is 2.36. The van der Waals surface area contributed by atoms with E-state index >= 15 is 0 Å². The molecule has 0 spiro atoms. The summed E-state index contributed by atoms with van der Waals surface area (Å²) in [6, 6.07) is 2.02. The number of halogens is 3. The lowest BCUT2D eigenvalue weighted by Gasteiger charge is -2.37. The van der Waals surface area contributed by atoms with Gasteiger partial charge in [-0.1, -0.05) is 19.9 Å². The molecule has 3 aromatic rings. The summed E-state index contributed by atoms with van der Waals surface area (Å²) in [5, 5.41) is 11.0. The Bertz CT molecular complexity index is 1300. The van der Waals surface area contributed by atoms with Gasteiger partial charge in [0.1, 0.15) is 17.4 Å². The van der Waals surface area contributed by atoms with Crippen molar-refractivity contribution in [1.82, 2.24) is 24.7 Å². The molecule has 1 amide bonds. The maximum atomic E-state index is 12.8. The molecule has 0 bridgehead atoms. The first-order valence-corrected chi connectivity index (χ1v) is 11.8. The zero-order valence-corrected chi connectivity index (χ0v) is 20.4. The number of pyridine rings is 1. The van der Waals surface area contributed by atoms with E-state index in [-0.39, 0.29) is 23.9 Å². The van der Waals surface area contributed by atoms with E-state index in [1.165, 1.54) is 12.3 Å². The second-order valence-corrected chi connectivity index (χ2v) is 9.63. The molecule has 5 rings (SSSR count). The molecule has 0 fully saturated rings. The molecule has 2 aliphatic rings. The van der Waals surface area contributed by atoms with Crippen molar-refractivity contribution in [3.05, 3.63) is 52.7 Å². The largest absolute Gasteiger partial charge is 0.433 e. The molecular formula is C24H27F3N8O. The van der Waals surface area contributed by atoms with Crippen LogP contribution in [0.25, 0.3) is 0 Å². The lowest BCUT2D eigenvalue weighted by Crippen LogP contribution is -2.49. The van der Waals surface area contributed by atoms with Gasteiger partial charge in [0.05, 0.1) is 24.0 Å². The lowest BCUT2D eigenvalue weighted by atomic mass is 9.99. The van der Waals surface area contributed by atoms with E-state index < -0.39 is 11.9 Å². The van der Waals surface area contributed by atoms with Crippen LogP contribution in [0.15, 0.2) is 24.5 Å². The van der Waals surface area contributed by atoms with E-state index in [2.05, 4.69) is 25.7 Å². The summed E-state index contributed by atoms with van der Waals surface area (Å²) in [7, 11) is 1.87. The summed E-state index contributed by atoms with van der Waals surface area (Å²) in [5.74, 6) is 1.18. The predicted octanol–water partition coefficient (Wildman–Crippen LogP) is 3.96. The van der Waals surface area contributed by atoms with Gasteiger partial charge in [-0.2, -0.15) is 23.3 Å². The molecule has 0 aromatic carbocycles. The van der Waals surface area contributed by atoms with Gasteiger partial charge in [0.2, 0.25) is 11.9 Å². The number of carbonyl (C=O) groups excluding carboxylic acids is 1. The molecular weight excluding hydrogens is 473 g/mol. The van der Waals surface area contributed by atoms with E-state index in [1.54, 1.807) is 4.68 Å². The number of aromatic nitrogens is 5. The Morgan fingerprint density at radius 2 is 2.03 bits per heavy atom. The topological polar surface area (TPSA) is 101 Å². The summed E-state index contributed by atoms with van der Waals surface area (Å²) >= 11 is 0. The van der Waals surface area contributed by atoms with Gasteiger partial charge in [-0.05, 0) is 37.3 Å². The average molecular weight is 501 g/mol. The molecule has 1 aliphatic carbocycles. The van der Waals surface area contributed by atoms with Crippen molar-refractivity contribution in [3.63, 3.8) is 0 Å². The Hall–Kier alpha value is -3.70. The number of amides is 1. The van der Waals surface area contributed by atoms with Crippen LogP contribution in [-0.2, 0) is 23.9 Å². The Kier molecular flexibility index (Phi) is 5.84. The number of hydrogen-bond acceptors (Lipinski definition) is 7. The molecule has 0 radical (unpaired) electrons. The zero-order valence-electron chi connectivity index (χ0n) is 20.4. The number of rotatable bonds is 5. The minimum Gasteiger partial charge on any atom is -0.347 e. The van der Waals surface area contributed by atoms with Crippen LogP contribution in [0.4, 0.5) is 30.6 Å².